The monoisotopic (exact) mass is 350 g/mol. The van der Waals surface area contributed by atoms with Crippen LogP contribution in [0.2, 0.25) is 0 Å². The number of ketones is 2. The van der Waals surface area contributed by atoms with Gasteiger partial charge < -0.3 is 0 Å². The molecule has 0 N–H and O–H groups in total. The fourth-order valence-electron chi connectivity index (χ4n) is 4.05. The van der Waals surface area contributed by atoms with Gasteiger partial charge >= 0.3 is 0 Å². The lowest BCUT2D eigenvalue weighted by molar-refractivity contribution is -0.137. The molecular weight excluding hydrogens is 308 g/mol. The molecule has 1 aliphatic rings. The SMILES string of the molecule is CC(C)CCCCCCCCC1C(=O)CC(CCCC(C)C)CC1=O. The Morgan fingerprint density at radius 2 is 1.16 bits per heavy atom. The summed E-state index contributed by atoms with van der Waals surface area (Å²) in [6.45, 7) is 9.04. The second-order valence-electron chi connectivity index (χ2n) is 9.18. The highest BCUT2D eigenvalue weighted by Gasteiger charge is 2.34. The second-order valence-corrected chi connectivity index (χ2v) is 9.18. The van der Waals surface area contributed by atoms with Crippen molar-refractivity contribution in [1.82, 2.24) is 0 Å². The predicted octanol–water partition coefficient (Wildman–Crippen LogP) is 6.75. The van der Waals surface area contributed by atoms with Crippen molar-refractivity contribution in [3.8, 4) is 0 Å². The number of unbranched alkanes of at least 4 members (excludes halogenated alkanes) is 5. The summed E-state index contributed by atoms with van der Waals surface area (Å²) in [6, 6.07) is 0. The maximum Gasteiger partial charge on any atom is 0.143 e. The van der Waals surface area contributed by atoms with E-state index in [4.69, 9.17) is 0 Å². The van der Waals surface area contributed by atoms with E-state index in [1.807, 2.05) is 0 Å². The van der Waals surface area contributed by atoms with Crippen LogP contribution in [0.15, 0.2) is 0 Å². The lowest BCUT2D eigenvalue weighted by Gasteiger charge is -2.26. The Morgan fingerprint density at radius 3 is 1.72 bits per heavy atom. The summed E-state index contributed by atoms with van der Waals surface area (Å²) in [7, 11) is 0. The van der Waals surface area contributed by atoms with E-state index >= 15 is 0 Å². The fourth-order valence-corrected chi connectivity index (χ4v) is 4.05. The van der Waals surface area contributed by atoms with Crippen LogP contribution in [0.3, 0.4) is 0 Å². The molecule has 1 rings (SSSR count). The third-order valence-corrected chi connectivity index (χ3v) is 5.68. The van der Waals surface area contributed by atoms with Gasteiger partial charge in [0.2, 0.25) is 0 Å². The molecule has 0 saturated heterocycles. The Balaban J connectivity index is 2.12. The summed E-state index contributed by atoms with van der Waals surface area (Å²) < 4.78 is 0. The molecule has 146 valence electrons. The minimum absolute atomic E-state index is 0.239. The lowest BCUT2D eigenvalue weighted by atomic mass is 9.76. The largest absolute Gasteiger partial charge is 0.299 e. The Morgan fingerprint density at radius 1 is 0.680 bits per heavy atom. The minimum atomic E-state index is -0.262. The molecule has 2 heteroatoms. The van der Waals surface area contributed by atoms with Crippen molar-refractivity contribution >= 4 is 11.6 Å². The molecule has 0 unspecified atom stereocenters. The van der Waals surface area contributed by atoms with Crippen molar-refractivity contribution in [2.45, 2.75) is 111 Å². The van der Waals surface area contributed by atoms with Gasteiger partial charge in [-0.25, -0.2) is 0 Å². The van der Waals surface area contributed by atoms with Crippen molar-refractivity contribution in [3.63, 3.8) is 0 Å². The Kier molecular flexibility index (Phi) is 11.3. The van der Waals surface area contributed by atoms with Crippen LogP contribution in [0.4, 0.5) is 0 Å². The standard InChI is InChI=1S/C23H42O2/c1-18(2)12-9-7-5-6-8-10-15-21-22(24)16-20(17-23(21)25)14-11-13-19(3)4/h18-21H,5-17H2,1-4H3. The van der Waals surface area contributed by atoms with Gasteiger partial charge in [-0.1, -0.05) is 85.5 Å². The third kappa shape index (κ3) is 10.2. The van der Waals surface area contributed by atoms with E-state index in [0.29, 0.717) is 24.7 Å². The molecule has 0 radical (unpaired) electrons. The first kappa shape index (κ1) is 22.4. The van der Waals surface area contributed by atoms with Crippen LogP contribution in [0, 0.1) is 23.7 Å². The first-order chi connectivity index (χ1) is 11.9. The molecule has 0 aromatic heterocycles. The molecule has 0 amide bonds. The first-order valence-corrected chi connectivity index (χ1v) is 11.0. The highest BCUT2D eigenvalue weighted by Crippen LogP contribution is 2.30. The van der Waals surface area contributed by atoms with E-state index < -0.39 is 0 Å². The zero-order valence-electron chi connectivity index (χ0n) is 17.3. The van der Waals surface area contributed by atoms with Crippen molar-refractivity contribution in [2.75, 3.05) is 0 Å². The highest BCUT2D eigenvalue weighted by molar-refractivity contribution is 6.04. The van der Waals surface area contributed by atoms with Gasteiger partial charge in [-0.2, -0.15) is 0 Å². The Labute approximate surface area is 156 Å². The van der Waals surface area contributed by atoms with Crippen molar-refractivity contribution in [2.24, 2.45) is 23.7 Å². The van der Waals surface area contributed by atoms with Crippen molar-refractivity contribution < 1.29 is 9.59 Å². The molecule has 0 bridgehead atoms. The van der Waals surface area contributed by atoms with Crippen LogP contribution in [0.5, 0.6) is 0 Å². The summed E-state index contributed by atoms with van der Waals surface area (Å²) in [4.78, 5) is 24.7. The minimum Gasteiger partial charge on any atom is -0.299 e. The molecule has 1 saturated carbocycles. The maximum atomic E-state index is 12.4. The van der Waals surface area contributed by atoms with Gasteiger partial charge in [0.15, 0.2) is 0 Å². The van der Waals surface area contributed by atoms with Gasteiger partial charge in [0.05, 0.1) is 5.92 Å². The normalized spacial score (nSPS) is 21.5. The molecule has 0 spiro atoms. The summed E-state index contributed by atoms with van der Waals surface area (Å²) in [5, 5.41) is 0. The molecule has 25 heavy (non-hydrogen) atoms. The van der Waals surface area contributed by atoms with Gasteiger partial charge in [-0.15, -0.1) is 0 Å². The van der Waals surface area contributed by atoms with Gasteiger partial charge in [-0.05, 0) is 30.6 Å². The van der Waals surface area contributed by atoms with E-state index in [0.717, 1.165) is 31.6 Å². The number of rotatable bonds is 13. The Bertz CT molecular complexity index is 366. The summed E-state index contributed by atoms with van der Waals surface area (Å²) in [6.07, 6.45) is 14.3. The van der Waals surface area contributed by atoms with Crippen LogP contribution in [0.25, 0.3) is 0 Å². The molecule has 0 aliphatic heterocycles. The molecule has 0 atom stereocenters. The topological polar surface area (TPSA) is 34.1 Å². The van der Waals surface area contributed by atoms with E-state index in [1.54, 1.807) is 0 Å². The van der Waals surface area contributed by atoms with E-state index in [2.05, 4.69) is 27.7 Å². The molecule has 2 nitrogen and oxygen atoms in total. The van der Waals surface area contributed by atoms with Crippen molar-refractivity contribution in [1.29, 1.82) is 0 Å². The van der Waals surface area contributed by atoms with Gasteiger partial charge in [0.1, 0.15) is 11.6 Å². The van der Waals surface area contributed by atoms with Gasteiger partial charge in [-0.3, -0.25) is 9.59 Å². The van der Waals surface area contributed by atoms with E-state index in [-0.39, 0.29) is 17.5 Å². The second kappa shape index (κ2) is 12.7. The summed E-state index contributed by atoms with van der Waals surface area (Å²) >= 11 is 0. The molecule has 1 aliphatic carbocycles. The first-order valence-electron chi connectivity index (χ1n) is 11.0. The molecule has 0 aromatic carbocycles. The van der Waals surface area contributed by atoms with E-state index in [1.165, 1.54) is 44.9 Å². The van der Waals surface area contributed by atoms with Crippen LogP contribution < -0.4 is 0 Å². The predicted molar refractivity (Wildman–Crippen MR) is 107 cm³/mol. The zero-order chi connectivity index (χ0) is 18.7. The number of carbonyl (C=O) groups excluding carboxylic acids is 2. The maximum absolute atomic E-state index is 12.4. The quantitative estimate of drug-likeness (QED) is 0.272. The van der Waals surface area contributed by atoms with Crippen LogP contribution >= 0.6 is 0 Å². The third-order valence-electron chi connectivity index (χ3n) is 5.68. The highest BCUT2D eigenvalue weighted by atomic mass is 16.2. The average molecular weight is 351 g/mol. The van der Waals surface area contributed by atoms with E-state index in [9.17, 15) is 9.59 Å². The number of carbonyl (C=O) groups is 2. The number of hydrogen-bond donors (Lipinski definition) is 0. The molecular formula is C23H42O2. The zero-order valence-corrected chi connectivity index (χ0v) is 17.3. The van der Waals surface area contributed by atoms with Crippen molar-refractivity contribution in [3.05, 3.63) is 0 Å². The van der Waals surface area contributed by atoms with Gasteiger partial charge in [0.25, 0.3) is 0 Å². The van der Waals surface area contributed by atoms with Crippen LogP contribution in [-0.4, -0.2) is 11.6 Å². The average Bonchev–Trinajstić information content (AvgIpc) is 2.51. The summed E-state index contributed by atoms with van der Waals surface area (Å²) in [5.41, 5.74) is 0. The number of hydrogen-bond acceptors (Lipinski definition) is 2. The fraction of sp³-hybridized carbons (Fsp3) is 0.913. The summed E-state index contributed by atoms with van der Waals surface area (Å²) in [5.74, 6) is 2.08. The molecule has 0 heterocycles. The molecule has 0 aromatic rings. The van der Waals surface area contributed by atoms with Gasteiger partial charge in [0, 0.05) is 12.8 Å². The van der Waals surface area contributed by atoms with Crippen LogP contribution in [0.1, 0.15) is 111 Å². The lowest BCUT2D eigenvalue weighted by Crippen LogP contribution is -2.33. The molecule has 1 fully saturated rings. The Hall–Kier alpha value is -0.660. The van der Waals surface area contributed by atoms with Crippen LogP contribution in [-0.2, 0) is 9.59 Å². The number of Topliss-reactive ketones (excluding diaryl/α,β-unsaturated/α-hetero) is 2. The smallest absolute Gasteiger partial charge is 0.143 e.